The molecule has 2 heterocycles. The van der Waals surface area contributed by atoms with Gasteiger partial charge in [0.15, 0.2) is 5.17 Å². The number of benzene rings is 2. The number of nitrogens with zero attached hydrogens (tertiary/aromatic N) is 1. The Labute approximate surface area is 160 Å². The predicted octanol–water partition coefficient (Wildman–Crippen LogP) is 5.01. The van der Waals surface area contributed by atoms with Crippen LogP contribution >= 0.6 is 11.8 Å². The highest BCUT2D eigenvalue weighted by Gasteiger charge is 2.33. The van der Waals surface area contributed by atoms with Crippen LogP contribution in [-0.2, 0) is 4.79 Å². The molecule has 0 saturated carbocycles. The molecule has 2 aromatic carbocycles. The Hall–Kier alpha value is -3.25. The first-order chi connectivity index (χ1) is 13.2. The topological polar surface area (TPSA) is 66.5 Å². The highest BCUT2D eigenvalue weighted by molar-refractivity contribution is 8.19. The minimum atomic E-state index is -0.243. The number of rotatable bonds is 4. The summed E-state index contributed by atoms with van der Waals surface area (Å²) in [6, 6.07) is 20.5. The smallest absolute Gasteiger partial charge is 0.271 e. The molecule has 0 bridgehead atoms. The van der Waals surface area contributed by atoms with Crippen LogP contribution < -0.4 is 9.64 Å². The van der Waals surface area contributed by atoms with Crippen LogP contribution in [0.4, 0.5) is 5.69 Å². The largest absolute Gasteiger partial charge is 0.497 e. The minimum absolute atomic E-state index is 0.159. The van der Waals surface area contributed by atoms with Crippen molar-refractivity contribution in [3.63, 3.8) is 0 Å². The van der Waals surface area contributed by atoms with Gasteiger partial charge >= 0.3 is 0 Å². The van der Waals surface area contributed by atoms with Gasteiger partial charge in [-0.15, -0.1) is 0 Å². The van der Waals surface area contributed by atoms with Gasteiger partial charge in [0.1, 0.15) is 17.3 Å². The van der Waals surface area contributed by atoms with Gasteiger partial charge in [0.05, 0.1) is 17.7 Å². The summed E-state index contributed by atoms with van der Waals surface area (Å²) in [5.74, 6) is 1.77. The van der Waals surface area contributed by atoms with E-state index >= 15 is 0 Å². The van der Waals surface area contributed by atoms with Crippen LogP contribution in [0.1, 0.15) is 5.76 Å². The van der Waals surface area contributed by atoms with E-state index in [0.29, 0.717) is 22.1 Å². The zero-order valence-electron chi connectivity index (χ0n) is 14.5. The number of anilines is 1. The lowest BCUT2D eigenvalue weighted by atomic mass is 10.2. The third-order valence-electron chi connectivity index (χ3n) is 4.11. The number of furan rings is 1. The maximum Gasteiger partial charge on any atom is 0.271 e. The fourth-order valence-electron chi connectivity index (χ4n) is 2.77. The molecule has 27 heavy (non-hydrogen) atoms. The van der Waals surface area contributed by atoms with Crippen molar-refractivity contribution in [1.29, 1.82) is 5.41 Å². The SMILES string of the molecule is COc1ccc(N2C(=N)S/C(=C\c3ccc(-c4ccccc4)o3)C2=O)cc1. The zero-order chi connectivity index (χ0) is 18.8. The second-order valence-electron chi connectivity index (χ2n) is 5.82. The number of ether oxygens (including phenoxy) is 1. The molecule has 3 aromatic rings. The van der Waals surface area contributed by atoms with Crippen molar-refractivity contribution < 1.29 is 13.9 Å². The molecule has 1 fully saturated rings. The van der Waals surface area contributed by atoms with Crippen LogP contribution in [0.25, 0.3) is 17.4 Å². The van der Waals surface area contributed by atoms with E-state index in [4.69, 9.17) is 14.6 Å². The van der Waals surface area contributed by atoms with Crippen LogP contribution in [0.15, 0.2) is 76.1 Å². The molecule has 1 N–H and O–H groups in total. The standard InChI is InChI=1S/C21H16N2O3S/c1-25-16-9-7-15(8-10-16)23-20(24)19(27-21(23)22)13-17-11-12-18(26-17)14-5-3-2-4-6-14/h2-13,22H,1H3/b19-13-,22-21?. The molecule has 6 heteroatoms. The van der Waals surface area contributed by atoms with E-state index in [-0.39, 0.29) is 11.1 Å². The molecule has 4 rings (SSSR count). The van der Waals surface area contributed by atoms with Gasteiger partial charge in [0.2, 0.25) is 0 Å². The monoisotopic (exact) mass is 376 g/mol. The molecule has 0 aliphatic carbocycles. The molecule has 0 radical (unpaired) electrons. The fraction of sp³-hybridized carbons (Fsp3) is 0.0476. The molecule has 0 spiro atoms. The molecule has 5 nitrogen and oxygen atoms in total. The highest BCUT2D eigenvalue weighted by Crippen LogP contribution is 2.36. The first kappa shape index (κ1) is 17.2. The van der Waals surface area contributed by atoms with Crippen molar-refractivity contribution in [2.75, 3.05) is 12.0 Å². The Balaban J connectivity index is 1.59. The Morgan fingerprint density at radius 3 is 2.48 bits per heavy atom. The molecular weight excluding hydrogens is 360 g/mol. The number of amides is 1. The summed E-state index contributed by atoms with van der Waals surface area (Å²) in [5, 5.41) is 8.33. The van der Waals surface area contributed by atoms with E-state index < -0.39 is 0 Å². The van der Waals surface area contributed by atoms with E-state index in [1.807, 2.05) is 42.5 Å². The van der Waals surface area contributed by atoms with E-state index in [9.17, 15) is 4.79 Å². The fourth-order valence-corrected chi connectivity index (χ4v) is 3.61. The zero-order valence-corrected chi connectivity index (χ0v) is 15.3. The van der Waals surface area contributed by atoms with Crippen molar-refractivity contribution in [3.8, 4) is 17.1 Å². The van der Waals surface area contributed by atoms with Gasteiger partial charge in [-0.25, -0.2) is 0 Å². The van der Waals surface area contributed by atoms with E-state index in [0.717, 1.165) is 23.1 Å². The number of amidine groups is 1. The van der Waals surface area contributed by atoms with Gasteiger partial charge < -0.3 is 9.15 Å². The number of thioether (sulfide) groups is 1. The van der Waals surface area contributed by atoms with Gasteiger partial charge in [-0.1, -0.05) is 30.3 Å². The first-order valence-corrected chi connectivity index (χ1v) is 9.09. The number of hydrogen-bond acceptors (Lipinski definition) is 5. The first-order valence-electron chi connectivity index (χ1n) is 8.27. The highest BCUT2D eigenvalue weighted by atomic mass is 32.2. The Kier molecular flexibility index (Phi) is 4.56. The van der Waals surface area contributed by atoms with Gasteiger partial charge in [0, 0.05) is 11.6 Å². The molecule has 1 saturated heterocycles. The molecular formula is C21H16N2O3S. The van der Waals surface area contributed by atoms with Gasteiger partial charge in [-0.05, 0) is 48.2 Å². The van der Waals surface area contributed by atoms with Crippen LogP contribution in [0.3, 0.4) is 0 Å². The summed E-state index contributed by atoms with van der Waals surface area (Å²) < 4.78 is 11.0. The maximum atomic E-state index is 12.8. The van der Waals surface area contributed by atoms with Gasteiger partial charge in [-0.3, -0.25) is 15.1 Å². The lowest BCUT2D eigenvalue weighted by Crippen LogP contribution is -2.27. The van der Waals surface area contributed by atoms with Crippen molar-refractivity contribution >= 4 is 34.6 Å². The summed E-state index contributed by atoms with van der Waals surface area (Å²) in [5.41, 5.74) is 1.60. The number of carbonyl (C=O) groups is 1. The Bertz CT molecular complexity index is 1020. The maximum absolute atomic E-state index is 12.8. The van der Waals surface area contributed by atoms with Crippen LogP contribution in [-0.4, -0.2) is 18.2 Å². The van der Waals surface area contributed by atoms with Crippen molar-refractivity contribution in [1.82, 2.24) is 0 Å². The Morgan fingerprint density at radius 2 is 1.78 bits per heavy atom. The Morgan fingerprint density at radius 1 is 1.04 bits per heavy atom. The molecule has 1 amide bonds. The van der Waals surface area contributed by atoms with E-state index in [2.05, 4.69) is 0 Å². The van der Waals surface area contributed by atoms with Crippen molar-refractivity contribution in [3.05, 3.63) is 77.4 Å². The van der Waals surface area contributed by atoms with Crippen molar-refractivity contribution in [2.24, 2.45) is 0 Å². The summed E-state index contributed by atoms with van der Waals surface area (Å²) in [4.78, 5) is 14.6. The normalized spacial score (nSPS) is 15.6. The van der Waals surface area contributed by atoms with Crippen LogP contribution in [0.5, 0.6) is 5.75 Å². The summed E-state index contributed by atoms with van der Waals surface area (Å²) in [6.45, 7) is 0. The number of methoxy groups -OCH3 is 1. The van der Waals surface area contributed by atoms with E-state index in [1.54, 1.807) is 37.5 Å². The second-order valence-corrected chi connectivity index (χ2v) is 6.85. The molecule has 0 unspecified atom stereocenters. The lowest BCUT2D eigenvalue weighted by molar-refractivity contribution is -0.113. The average Bonchev–Trinajstić information content (AvgIpc) is 3.27. The number of carbonyl (C=O) groups excluding carboxylic acids is 1. The molecule has 134 valence electrons. The molecule has 0 atom stereocenters. The van der Waals surface area contributed by atoms with Crippen LogP contribution in [0, 0.1) is 5.41 Å². The molecule has 1 aliphatic rings. The molecule has 1 aliphatic heterocycles. The summed E-state index contributed by atoms with van der Waals surface area (Å²) in [6.07, 6.45) is 1.68. The summed E-state index contributed by atoms with van der Waals surface area (Å²) in [7, 11) is 1.59. The van der Waals surface area contributed by atoms with Gasteiger partial charge in [-0.2, -0.15) is 0 Å². The van der Waals surface area contributed by atoms with E-state index in [1.165, 1.54) is 4.90 Å². The van der Waals surface area contributed by atoms with Gasteiger partial charge in [0.25, 0.3) is 5.91 Å². The number of hydrogen-bond donors (Lipinski definition) is 1. The van der Waals surface area contributed by atoms with Crippen molar-refractivity contribution in [2.45, 2.75) is 0 Å². The molecule has 1 aromatic heterocycles. The number of nitrogens with one attached hydrogen (secondary N) is 1. The quantitative estimate of drug-likeness (QED) is 0.650. The summed E-state index contributed by atoms with van der Waals surface area (Å²) >= 11 is 1.12. The second kappa shape index (κ2) is 7.17. The lowest BCUT2D eigenvalue weighted by Gasteiger charge is -2.14. The average molecular weight is 376 g/mol. The van der Waals surface area contributed by atoms with Crippen LogP contribution in [0.2, 0.25) is 0 Å². The third kappa shape index (κ3) is 3.39. The third-order valence-corrected chi connectivity index (χ3v) is 5.00. The predicted molar refractivity (Wildman–Crippen MR) is 108 cm³/mol. The minimum Gasteiger partial charge on any atom is -0.497 e.